The van der Waals surface area contributed by atoms with E-state index in [0.717, 1.165) is 21.6 Å². The molecule has 0 radical (unpaired) electrons. The highest BCUT2D eigenvalue weighted by atomic mass is 16.7. The van der Waals surface area contributed by atoms with E-state index in [2.05, 4.69) is 39.1 Å². The van der Waals surface area contributed by atoms with Gasteiger partial charge >= 0.3 is 18.0 Å². The lowest BCUT2D eigenvalue weighted by molar-refractivity contribution is -0.179. The number of rotatable bonds is 15. The number of esters is 2. The zero-order valence-corrected chi connectivity index (χ0v) is 46.3. The molecule has 0 aromatic heterocycles. The van der Waals surface area contributed by atoms with Crippen molar-refractivity contribution in [1.29, 1.82) is 0 Å². The minimum atomic E-state index is -2.11. The van der Waals surface area contributed by atoms with Crippen LogP contribution in [0.25, 0.3) is 0 Å². The lowest BCUT2D eigenvalue weighted by Gasteiger charge is -2.46. The van der Waals surface area contributed by atoms with Gasteiger partial charge in [-0.05, 0) is 88.8 Å². The van der Waals surface area contributed by atoms with Crippen LogP contribution in [-0.2, 0) is 47.2 Å². The Hall–Kier alpha value is -8.53. The van der Waals surface area contributed by atoms with Crippen LogP contribution in [0.15, 0.2) is 152 Å². The molecule has 6 aromatic carbocycles. The number of nitrogens with one attached hydrogen (secondary N) is 1. The summed E-state index contributed by atoms with van der Waals surface area (Å²) in [6.45, 7) is 6.31. The number of methoxy groups -OCH3 is 1. The average molecular weight is 1110 g/mol. The van der Waals surface area contributed by atoms with Gasteiger partial charge in [-0.3, -0.25) is 29.1 Å². The number of carbonyl (C=O) groups excluding carboxylic acids is 5. The van der Waals surface area contributed by atoms with Crippen LogP contribution in [0.2, 0.25) is 0 Å². The number of morpholine rings is 1. The van der Waals surface area contributed by atoms with Gasteiger partial charge in [0.2, 0.25) is 18.6 Å². The summed E-state index contributed by atoms with van der Waals surface area (Å²) >= 11 is 0. The Morgan fingerprint density at radius 1 is 0.780 bits per heavy atom. The number of cyclic esters (lactones) is 1. The molecule has 3 fully saturated rings. The number of imide groups is 1. The first-order valence-electron chi connectivity index (χ1n) is 27.8. The number of hydrogen-bond donors (Lipinski definition) is 2. The third-order valence-corrected chi connectivity index (χ3v) is 16.3. The van der Waals surface area contributed by atoms with Gasteiger partial charge in [-0.25, -0.2) is 14.5 Å². The lowest BCUT2D eigenvalue weighted by Crippen LogP contribution is -2.59. The average Bonchev–Trinajstić information content (AvgIpc) is 2.92. The normalized spacial score (nSPS) is 22.3. The summed E-state index contributed by atoms with van der Waals surface area (Å²) in [6.07, 6.45) is -0.957. The number of hydrogen-bond acceptors (Lipinski definition) is 14. The third-order valence-electron chi connectivity index (χ3n) is 16.3. The maximum atomic E-state index is 17.1. The molecule has 5 heterocycles. The number of aliphatic hydroxyl groups excluding tert-OH is 1. The van der Waals surface area contributed by atoms with Crippen LogP contribution in [0, 0.1) is 23.7 Å². The molecule has 0 bridgehead atoms. The quantitative estimate of drug-likeness (QED) is 0.0780. The van der Waals surface area contributed by atoms with Crippen LogP contribution in [0.1, 0.15) is 71.0 Å². The summed E-state index contributed by atoms with van der Waals surface area (Å²) in [5.74, 6) is 3.66. The number of fused-ring (bicyclic) bond motifs is 4. The van der Waals surface area contributed by atoms with Crippen LogP contribution in [0.3, 0.4) is 0 Å². The van der Waals surface area contributed by atoms with Crippen LogP contribution in [0.4, 0.5) is 10.5 Å². The molecule has 17 heteroatoms. The first-order chi connectivity index (χ1) is 39.9. The van der Waals surface area contributed by atoms with E-state index in [9.17, 15) is 9.90 Å². The first kappa shape index (κ1) is 55.4. The summed E-state index contributed by atoms with van der Waals surface area (Å²) in [5.41, 5.74) is 2.86. The van der Waals surface area contributed by atoms with E-state index in [4.69, 9.17) is 23.7 Å². The van der Waals surface area contributed by atoms with Crippen molar-refractivity contribution in [1.82, 2.24) is 24.9 Å². The number of benzene rings is 6. The molecule has 4 amide bonds. The van der Waals surface area contributed by atoms with Crippen LogP contribution in [0.5, 0.6) is 17.2 Å². The number of piperazine rings is 1. The van der Waals surface area contributed by atoms with Crippen molar-refractivity contribution in [2.75, 3.05) is 71.8 Å². The van der Waals surface area contributed by atoms with E-state index in [-0.39, 0.29) is 44.3 Å². The van der Waals surface area contributed by atoms with E-state index in [0.29, 0.717) is 66.7 Å². The largest absolute Gasteiger partial charge is 0.491 e. The number of carbonyl (C=O) groups is 5. The van der Waals surface area contributed by atoms with E-state index < -0.39 is 77.3 Å². The van der Waals surface area contributed by atoms with Gasteiger partial charge in [0, 0.05) is 44.8 Å². The van der Waals surface area contributed by atoms with Gasteiger partial charge in [0.15, 0.2) is 11.5 Å². The fourth-order valence-corrected chi connectivity index (χ4v) is 12.6. The SMILES string of the molecule is COC(=O)[C@@H](NC(=O)N1C(=O)[C@@]2(c3cc(C#CCN(C)Cc4ccccc4)ccc31)[C@H](C(=O)N1CCN(Cc3ccc4c(c3)OCO4)CC1)[C@H]1C(=O)O[C@H](c3ccccc3)[C@H](c3ccccc3)N1[C@@H]2c1cccc(OCCO)c1)C(C)C. The predicted molar refractivity (Wildman–Crippen MR) is 304 cm³/mol. The van der Waals surface area contributed by atoms with Gasteiger partial charge in [0.1, 0.15) is 36.0 Å². The number of nitrogens with zero attached hydrogens (tertiary/aromatic N) is 5. The Balaban J connectivity index is 1.11. The molecular formula is C65H66N6O11. The number of ether oxygens (including phenoxy) is 5. The number of aliphatic hydroxyl groups is 1. The van der Waals surface area contributed by atoms with E-state index in [1.807, 2.05) is 115 Å². The molecule has 7 atom stereocenters. The molecule has 0 saturated carbocycles. The smallest absolute Gasteiger partial charge is 0.329 e. The summed E-state index contributed by atoms with van der Waals surface area (Å²) in [6, 6.07) is 41.6. The molecule has 11 rings (SSSR count). The monoisotopic (exact) mass is 1110 g/mol. The van der Waals surface area contributed by atoms with Crippen LogP contribution >= 0.6 is 0 Å². The minimum absolute atomic E-state index is 0.0438. The number of amides is 4. The molecule has 3 saturated heterocycles. The second-order valence-electron chi connectivity index (χ2n) is 21.7. The van der Waals surface area contributed by atoms with E-state index >= 15 is 19.2 Å². The zero-order valence-electron chi connectivity index (χ0n) is 46.3. The lowest BCUT2D eigenvalue weighted by atomic mass is 9.64. The molecule has 2 N–H and O–H groups in total. The van der Waals surface area contributed by atoms with Crippen molar-refractivity contribution in [3.8, 4) is 29.1 Å². The zero-order chi connectivity index (χ0) is 57.1. The highest BCUT2D eigenvalue weighted by Gasteiger charge is 2.76. The van der Waals surface area contributed by atoms with Crippen molar-refractivity contribution in [3.05, 3.63) is 191 Å². The Labute approximate surface area is 477 Å². The summed E-state index contributed by atoms with van der Waals surface area (Å²) in [5, 5.41) is 12.8. The van der Waals surface area contributed by atoms with E-state index in [1.165, 1.54) is 7.11 Å². The Bertz CT molecular complexity index is 3400. The van der Waals surface area contributed by atoms with Crippen molar-refractivity contribution in [2.45, 2.75) is 62.6 Å². The molecule has 82 heavy (non-hydrogen) atoms. The van der Waals surface area contributed by atoms with Gasteiger partial charge in [0.25, 0.3) is 0 Å². The van der Waals surface area contributed by atoms with Gasteiger partial charge < -0.3 is 39.0 Å². The number of anilines is 1. The molecular weight excluding hydrogens is 1040 g/mol. The van der Waals surface area contributed by atoms with Gasteiger partial charge in [-0.1, -0.05) is 135 Å². The summed E-state index contributed by atoms with van der Waals surface area (Å²) in [7, 11) is 3.20. The fraction of sp³-hybridized carbons (Fsp3) is 0.338. The van der Waals surface area contributed by atoms with Crippen LogP contribution in [-0.4, -0.2) is 133 Å². The maximum absolute atomic E-state index is 17.1. The second kappa shape index (κ2) is 23.9. The van der Waals surface area contributed by atoms with Crippen LogP contribution < -0.4 is 24.4 Å². The molecule has 5 aliphatic heterocycles. The highest BCUT2D eigenvalue weighted by Crippen LogP contribution is 2.66. The molecule has 0 unspecified atom stereocenters. The topological polar surface area (TPSA) is 180 Å². The van der Waals surface area contributed by atoms with Crippen molar-refractivity contribution >= 4 is 35.5 Å². The Morgan fingerprint density at radius 2 is 1.48 bits per heavy atom. The molecule has 6 aromatic rings. The Kier molecular flexibility index (Phi) is 16.1. The van der Waals surface area contributed by atoms with E-state index in [1.54, 1.807) is 55.1 Å². The molecule has 422 valence electrons. The second-order valence-corrected chi connectivity index (χ2v) is 21.7. The molecule has 1 spiro atoms. The van der Waals surface area contributed by atoms with Gasteiger partial charge in [-0.2, -0.15) is 0 Å². The van der Waals surface area contributed by atoms with Gasteiger partial charge in [0.05, 0.1) is 44.0 Å². The molecule has 0 aliphatic carbocycles. The first-order valence-corrected chi connectivity index (χ1v) is 27.8. The molecule has 5 aliphatic rings. The third kappa shape index (κ3) is 10.5. The fourth-order valence-electron chi connectivity index (χ4n) is 12.6. The standard InChI is InChI=1S/C65H66N6O11/c1-42(2)55(61(74)78-4)66-64(77)70-51-27-25-43(18-15-29-67(3)39-44-16-8-5-9-17-44)36-50(51)65(63(70)76)54(60(73)69-32-30-68(31-33-69)40-45-26-28-52-53(37-45)81-41-80-52)57-62(75)82-58(47-21-12-7-13-22-47)56(46-19-10-6-11-20-46)71(57)59(65)48-23-14-24-49(38-48)79-35-34-72/h5-14,16-17,19-28,36-38,42,54-59,72H,29-35,39-41H2,1-4H3,(H,66,77)/t54-,55-,56-,57-,58+,59+,65-/m0/s1. The number of urea groups is 1. The Morgan fingerprint density at radius 3 is 2.18 bits per heavy atom. The maximum Gasteiger partial charge on any atom is 0.329 e. The van der Waals surface area contributed by atoms with Crippen molar-refractivity contribution in [3.63, 3.8) is 0 Å². The minimum Gasteiger partial charge on any atom is -0.491 e. The highest BCUT2D eigenvalue weighted by molar-refractivity contribution is 6.25. The van der Waals surface area contributed by atoms with Crippen molar-refractivity contribution in [2.24, 2.45) is 11.8 Å². The van der Waals surface area contributed by atoms with Crippen molar-refractivity contribution < 1.29 is 52.8 Å². The predicted octanol–water partition coefficient (Wildman–Crippen LogP) is 7.19. The summed E-state index contributed by atoms with van der Waals surface area (Å²) < 4.78 is 29.3. The summed E-state index contributed by atoms with van der Waals surface area (Å²) in [4.78, 5) is 87.5. The molecule has 17 nitrogen and oxygen atoms in total. The van der Waals surface area contributed by atoms with Gasteiger partial charge in [-0.15, -0.1) is 0 Å².